The first-order valence-corrected chi connectivity index (χ1v) is 12.7. The molecule has 1 unspecified atom stereocenters. The molecule has 0 aliphatic heterocycles. The summed E-state index contributed by atoms with van der Waals surface area (Å²) in [6.07, 6.45) is 10.5. The van der Waals surface area contributed by atoms with Crippen LogP contribution in [0.1, 0.15) is 91.4 Å². The fraction of sp³-hybridized carbons (Fsp3) is 0.852. The van der Waals surface area contributed by atoms with Crippen LogP contribution in [0.5, 0.6) is 0 Å². The molecule has 4 saturated carbocycles. The van der Waals surface area contributed by atoms with E-state index < -0.39 is 5.97 Å². The average molecular weight is 431 g/mol. The molecule has 0 saturated heterocycles. The molecule has 174 valence electrons. The first-order chi connectivity index (χ1) is 14.6. The zero-order valence-corrected chi connectivity index (χ0v) is 19.7. The number of Topliss-reactive ketones (excluding diaryl/α,β-unsaturated/α-hetero) is 1. The topological polar surface area (TPSA) is 74.6 Å². The van der Waals surface area contributed by atoms with Gasteiger partial charge in [-0.15, -0.1) is 0 Å². The molecule has 4 fully saturated rings. The van der Waals surface area contributed by atoms with E-state index in [-0.39, 0.29) is 22.9 Å². The maximum atomic E-state index is 12.7. The van der Waals surface area contributed by atoms with E-state index in [9.17, 15) is 14.7 Å². The van der Waals surface area contributed by atoms with Gasteiger partial charge in [0.2, 0.25) is 0 Å². The van der Waals surface area contributed by atoms with Crippen molar-refractivity contribution in [2.45, 2.75) is 97.5 Å². The molecule has 4 aliphatic carbocycles. The zero-order chi connectivity index (χ0) is 22.6. The summed E-state index contributed by atoms with van der Waals surface area (Å²) in [5.74, 6) is 2.18. The van der Waals surface area contributed by atoms with Gasteiger partial charge in [-0.3, -0.25) is 4.79 Å². The normalized spacial score (nSPS) is 45.4. The van der Waals surface area contributed by atoms with Gasteiger partial charge in [0.1, 0.15) is 5.78 Å². The molecule has 4 rings (SSSR count). The van der Waals surface area contributed by atoms with Crippen molar-refractivity contribution >= 4 is 11.8 Å². The number of rotatable bonds is 6. The zero-order valence-electron chi connectivity index (χ0n) is 19.7. The van der Waals surface area contributed by atoms with E-state index in [0.29, 0.717) is 60.2 Å². The Morgan fingerprint density at radius 1 is 1.16 bits per heavy atom. The standard InChI is InChI=1S/C27H42O4/c1-16(7-5-8-17(2)25(30)31)18-10-11-19-24-20(12-14-27(18,19)4)26(3)13-6-9-22(28)21(26)15-23(24)29/h16,18-21,23-24,29H,2,5-15H2,1,3-4H3,(H,30,31)/t16-,18-,19+,20+,21?,23-,24+,26-,27-/m1/s1. The smallest absolute Gasteiger partial charge is 0.330 e. The third-order valence-electron chi connectivity index (χ3n) is 10.6. The second kappa shape index (κ2) is 8.32. The minimum absolute atomic E-state index is 0.0697. The number of fused-ring (bicyclic) bond motifs is 5. The van der Waals surface area contributed by atoms with Crippen molar-refractivity contribution in [3.8, 4) is 0 Å². The van der Waals surface area contributed by atoms with Crippen LogP contribution in [0.3, 0.4) is 0 Å². The summed E-state index contributed by atoms with van der Waals surface area (Å²) in [6, 6.07) is 0. The highest BCUT2D eigenvalue weighted by Gasteiger charge is 2.63. The van der Waals surface area contributed by atoms with Gasteiger partial charge >= 0.3 is 5.97 Å². The molecule has 4 aliphatic rings. The molecular formula is C27H42O4. The summed E-state index contributed by atoms with van der Waals surface area (Å²) in [5.41, 5.74) is 0.660. The number of aliphatic hydroxyl groups is 1. The maximum absolute atomic E-state index is 12.7. The van der Waals surface area contributed by atoms with Gasteiger partial charge in [0, 0.05) is 17.9 Å². The van der Waals surface area contributed by atoms with Crippen molar-refractivity contribution in [3.63, 3.8) is 0 Å². The van der Waals surface area contributed by atoms with Crippen molar-refractivity contribution in [1.29, 1.82) is 0 Å². The predicted molar refractivity (Wildman–Crippen MR) is 121 cm³/mol. The van der Waals surface area contributed by atoms with E-state index >= 15 is 0 Å². The van der Waals surface area contributed by atoms with Crippen LogP contribution < -0.4 is 0 Å². The second-order valence-electron chi connectivity index (χ2n) is 12.0. The lowest BCUT2D eigenvalue weighted by Gasteiger charge is -2.61. The van der Waals surface area contributed by atoms with Crippen LogP contribution in [0, 0.1) is 46.3 Å². The Bertz CT molecular complexity index is 744. The van der Waals surface area contributed by atoms with Crippen molar-refractivity contribution in [2.75, 3.05) is 0 Å². The van der Waals surface area contributed by atoms with Crippen LogP contribution in [0.2, 0.25) is 0 Å². The lowest BCUT2D eigenvalue weighted by atomic mass is 9.43. The van der Waals surface area contributed by atoms with Gasteiger partial charge in [-0.25, -0.2) is 4.79 Å². The van der Waals surface area contributed by atoms with Gasteiger partial charge in [-0.1, -0.05) is 33.8 Å². The van der Waals surface area contributed by atoms with Gasteiger partial charge in [-0.2, -0.15) is 0 Å². The third-order valence-corrected chi connectivity index (χ3v) is 10.6. The van der Waals surface area contributed by atoms with E-state index in [4.69, 9.17) is 5.11 Å². The molecule has 0 spiro atoms. The highest BCUT2D eigenvalue weighted by Crippen LogP contribution is 2.68. The average Bonchev–Trinajstić information content (AvgIpc) is 3.06. The molecule has 2 N–H and O–H groups in total. The number of carbonyl (C=O) groups is 2. The summed E-state index contributed by atoms with van der Waals surface area (Å²) >= 11 is 0. The Kier molecular flexibility index (Phi) is 6.17. The second-order valence-corrected chi connectivity index (χ2v) is 12.0. The van der Waals surface area contributed by atoms with E-state index in [2.05, 4.69) is 27.4 Å². The monoisotopic (exact) mass is 430 g/mol. The summed E-state index contributed by atoms with van der Waals surface area (Å²) in [6.45, 7) is 10.9. The molecule has 0 heterocycles. The van der Waals surface area contributed by atoms with Crippen LogP contribution in [0.25, 0.3) is 0 Å². The Morgan fingerprint density at radius 3 is 2.58 bits per heavy atom. The molecular weight excluding hydrogens is 388 g/mol. The Hall–Kier alpha value is -1.16. The quantitative estimate of drug-likeness (QED) is 0.535. The van der Waals surface area contributed by atoms with Crippen LogP contribution >= 0.6 is 0 Å². The fourth-order valence-corrected chi connectivity index (χ4v) is 9.02. The minimum Gasteiger partial charge on any atom is -0.478 e. The summed E-state index contributed by atoms with van der Waals surface area (Å²) in [7, 11) is 0. The van der Waals surface area contributed by atoms with Crippen LogP contribution in [-0.4, -0.2) is 28.1 Å². The van der Waals surface area contributed by atoms with Crippen LogP contribution in [-0.2, 0) is 9.59 Å². The molecule has 4 heteroatoms. The molecule has 0 amide bonds. The first-order valence-electron chi connectivity index (χ1n) is 12.7. The van der Waals surface area contributed by atoms with Gasteiger partial charge in [0.05, 0.1) is 6.10 Å². The number of ketones is 1. The van der Waals surface area contributed by atoms with Crippen molar-refractivity contribution in [1.82, 2.24) is 0 Å². The van der Waals surface area contributed by atoms with E-state index in [1.807, 2.05) is 0 Å². The Balaban J connectivity index is 1.48. The molecule has 31 heavy (non-hydrogen) atoms. The molecule has 0 bridgehead atoms. The summed E-state index contributed by atoms with van der Waals surface area (Å²) in [5, 5.41) is 20.4. The number of carboxylic acids is 1. The number of hydrogen-bond donors (Lipinski definition) is 2. The minimum atomic E-state index is -0.877. The lowest BCUT2D eigenvalue weighted by Crippen LogP contribution is -2.59. The molecule has 0 radical (unpaired) electrons. The van der Waals surface area contributed by atoms with Crippen molar-refractivity contribution < 1.29 is 19.8 Å². The number of carbonyl (C=O) groups excluding carboxylic acids is 1. The molecule has 0 aromatic heterocycles. The largest absolute Gasteiger partial charge is 0.478 e. The SMILES string of the molecule is C=C(CCC[C@@H](C)[C@H]1CC[C@H]2[C@@H]3[C@H](O)CC4C(=O)CCC[C@]4(C)[C@H]3CC[C@]12C)C(=O)O. The molecule has 9 atom stereocenters. The van der Waals surface area contributed by atoms with Crippen LogP contribution in [0.15, 0.2) is 12.2 Å². The van der Waals surface area contributed by atoms with Gasteiger partial charge in [0.15, 0.2) is 0 Å². The summed E-state index contributed by atoms with van der Waals surface area (Å²) < 4.78 is 0. The third kappa shape index (κ3) is 3.71. The highest BCUT2D eigenvalue weighted by atomic mass is 16.4. The van der Waals surface area contributed by atoms with Gasteiger partial charge in [-0.05, 0) is 98.2 Å². The van der Waals surface area contributed by atoms with E-state index in [1.165, 1.54) is 19.3 Å². The number of hydrogen-bond acceptors (Lipinski definition) is 3. The predicted octanol–water partition coefficient (Wildman–Crippen LogP) is 5.63. The Morgan fingerprint density at radius 2 is 1.87 bits per heavy atom. The van der Waals surface area contributed by atoms with Crippen LogP contribution in [0.4, 0.5) is 0 Å². The van der Waals surface area contributed by atoms with E-state index in [0.717, 1.165) is 32.1 Å². The van der Waals surface area contributed by atoms with Crippen molar-refractivity contribution in [3.05, 3.63) is 12.2 Å². The lowest BCUT2D eigenvalue weighted by molar-refractivity contribution is -0.173. The number of aliphatic hydroxyl groups excluding tert-OH is 1. The maximum Gasteiger partial charge on any atom is 0.330 e. The highest BCUT2D eigenvalue weighted by molar-refractivity contribution is 5.85. The molecule has 0 aromatic rings. The first kappa shape index (κ1) is 23.0. The number of carboxylic acid groups (broad SMARTS) is 1. The van der Waals surface area contributed by atoms with E-state index in [1.54, 1.807) is 0 Å². The number of aliphatic carboxylic acids is 1. The fourth-order valence-electron chi connectivity index (χ4n) is 9.02. The van der Waals surface area contributed by atoms with Gasteiger partial charge in [0.25, 0.3) is 0 Å². The summed E-state index contributed by atoms with van der Waals surface area (Å²) in [4.78, 5) is 23.8. The van der Waals surface area contributed by atoms with Crippen molar-refractivity contribution in [2.24, 2.45) is 46.3 Å². The molecule has 0 aromatic carbocycles. The molecule has 4 nitrogen and oxygen atoms in total. The Labute approximate surface area is 187 Å². The van der Waals surface area contributed by atoms with Gasteiger partial charge < -0.3 is 10.2 Å².